The number of urea groups is 1. The maximum Gasteiger partial charge on any atom is 0.324 e. The van der Waals surface area contributed by atoms with Crippen molar-refractivity contribution in [1.82, 2.24) is 10.2 Å². The summed E-state index contributed by atoms with van der Waals surface area (Å²) in [7, 11) is 0. The van der Waals surface area contributed by atoms with Gasteiger partial charge in [0.25, 0.3) is 0 Å². The predicted molar refractivity (Wildman–Crippen MR) is 60.4 cm³/mol. The van der Waals surface area contributed by atoms with Crippen LogP contribution in [0.3, 0.4) is 0 Å². The molecular weight excluding hydrogens is 212 g/mol. The quantitative estimate of drug-likeness (QED) is 0.562. The SMILES string of the molecule is C#CCSCCN1CC(C)C(=O)NC1=O. The minimum atomic E-state index is -0.292. The monoisotopic (exact) mass is 226 g/mol. The molecule has 1 fully saturated rings. The zero-order chi connectivity index (χ0) is 11.3. The number of amides is 3. The van der Waals surface area contributed by atoms with Gasteiger partial charge in [-0.15, -0.1) is 18.2 Å². The lowest BCUT2D eigenvalue weighted by Gasteiger charge is -2.30. The highest BCUT2D eigenvalue weighted by Crippen LogP contribution is 2.08. The third-order valence-electron chi connectivity index (χ3n) is 2.15. The summed E-state index contributed by atoms with van der Waals surface area (Å²) >= 11 is 1.61. The molecule has 1 aliphatic heterocycles. The summed E-state index contributed by atoms with van der Waals surface area (Å²) in [5.74, 6) is 3.67. The first kappa shape index (κ1) is 11.9. The Labute approximate surface area is 93.8 Å². The fourth-order valence-electron chi connectivity index (χ4n) is 1.30. The maximum absolute atomic E-state index is 11.4. The summed E-state index contributed by atoms with van der Waals surface area (Å²) in [6, 6.07) is -0.292. The Kier molecular flexibility index (Phi) is 4.50. The van der Waals surface area contributed by atoms with E-state index >= 15 is 0 Å². The number of carbonyl (C=O) groups excluding carboxylic acids is 2. The zero-order valence-electron chi connectivity index (χ0n) is 8.66. The number of thioether (sulfide) groups is 1. The number of nitrogens with one attached hydrogen (secondary N) is 1. The summed E-state index contributed by atoms with van der Waals surface area (Å²) < 4.78 is 0. The van der Waals surface area contributed by atoms with Crippen molar-refractivity contribution in [1.29, 1.82) is 0 Å². The minimum absolute atomic E-state index is 0.125. The van der Waals surface area contributed by atoms with Gasteiger partial charge in [0.15, 0.2) is 0 Å². The van der Waals surface area contributed by atoms with Gasteiger partial charge in [0.1, 0.15) is 0 Å². The second-order valence-electron chi connectivity index (χ2n) is 3.40. The molecule has 0 saturated carbocycles. The molecule has 82 valence electrons. The molecule has 1 heterocycles. The van der Waals surface area contributed by atoms with E-state index in [4.69, 9.17) is 6.42 Å². The van der Waals surface area contributed by atoms with Crippen molar-refractivity contribution in [3.8, 4) is 12.3 Å². The van der Waals surface area contributed by atoms with Gasteiger partial charge in [-0.05, 0) is 0 Å². The molecule has 1 saturated heterocycles. The van der Waals surface area contributed by atoms with E-state index in [0.29, 0.717) is 18.8 Å². The number of carbonyl (C=O) groups is 2. The van der Waals surface area contributed by atoms with Crippen LogP contribution in [0.25, 0.3) is 0 Å². The average molecular weight is 226 g/mol. The molecule has 0 bridgehead atoms. The number of hydrogen-bond acceptors (Lipinski definition) is 3. The highest BCUT2D eigenvalue weighted by molar-refractivity contribution is 7.99. The Morgan fingerprint density at radius 3 is 3.07 bits per heavy atom. The second-order valence-corrected chi connectivity index (χ2v) is 4.50. The van der Waals surface area contributed by atoms with Crippen LogP contribution in [0.5, 0.6) is 0 Å². The molecule has 15 heavy (non-hydrogen) atoms. The largest absolute Gasteiger partial charge is 0.324 e. The van der Waals surface area contributed by atoms with Crippen molar-refractivity contribution >= 4 is 23.7 Å². The van der Waals surface area contributed by atoms with Gasteiger partial charge in [-0.3, -0.25) is 10.1 Å². The van der Waals surface area contributed by atoms with Gasteiger partial charge < -0.3 is 4.90 Å². The predicted octanol–water partition coefficient (Wildman–Crippen LogP) is 0.541. The fourth-order valence-corrected chi connectivity index (χ4v) is 1.91. The number of imide groups is 1. The third kappa shape index (κ3) is 3.48. The van der Waals surface area contributed by atoms with Crippen LogP contribution in [0.4, 0.5) is 4.79 Å². The molecule has 3 amide bonds. The van der Waals surface area contributed by atoms with Crippen LogP contribution in [-0.4, -0.2) is 41.4 Å². The maximum atomic E-state index is 11.4. The van der Waals surface area contributed by atoms with E-state index in [1.54, 1.807) is 16.7 Å². The average Bonchev–Trinajstić information content (AvgIpc) is 2.20. The summed E-state index contributed by atoms with van der Waals surface area (Å²) in [5, 5.41) is 2.32. The van der Waals surface area contributed by atoms with Crippen LogP contribution in [-0.2, 0) is 4.79 Å². The van der Waals surface area contributed by atoms with Crippen LogP contribution < -0.4 is 5.32 Å². The second kappa shape index (κ2) is 5.66. The Morgan fingerprint density at radius 1 is 1.67 bits per heavy atom. The Balaban J connectivity index is 2.32. The van der Waals surface area contributed by atoms with E-state index in [0.717, 1.165) is 5.75 Å². The lowest BCUT2D eigenvalue weighted by molar-refractivity contribution is -0.125. The molecule has 0 aliphatic carbocycles. The number of rotatable bonds is 4. The first-order chi connectivity index (χ1) is 7.15. The molecule has 5 heteroatoms. The van der Waals surface area contributed by atoms with E-state index in [1.165, 1.54) is 0 Å². The number of hydrogen-bond donors (Lipinski definition) is 1. The molecule has 1 unspecified atom stereocenters. The lowest BCUT2D eigenvalue weighted by atomic mass is 10.1. The highest BCUT2D eigenvalue weighted by Gasteiger charge is 2.28. The zero-order valence-corrected chi connectivity index (χ0v) is 9.47. The number of terminal acetylenes is 1. The topological polar surface area (TPSA) is 49.4 Å². The van der Waals surface area contributed by atoms with E-state index in [2.05, 4.69) is 11.2 Å². The first-order valence-electron chi connectivity index (χ1n) is 4.76. The minimum Gasteiger partial charge on any atom is -0.323 e. The van der Waals surface area contributed by atoms with Gasteiger partial charge >= 0.3 is 6.03 Å². The van der Waals surface area contributed by atoms with E-state index < -0.39 is 0 Å². The Hall–Kier alpha value is -1.15. The van der Waals surface area contributed by atoms with Crippen molar-refractivity contribution in [3.63, 3.8) is 0 Å². The molecule has 0 aromatic rings. The van der Waals surface area contributed by atoms with E-state index in [1.807, 2.05) is 6.92 Å². The molecule has 0 aromatic carbocycles. The Bertz CT molecular complexity index is 298. The van der Waals surface area contributed by atoms with Gasteiger partial charge in [-0.2, -0.15) is 0 Å². The van der Waals surface area contributed by atoms with E-state index in [9.17, 15) is 9.59 Å². The molecule has 1 rings (SSSR count). The molecule has 0 spiro atoms. The lowest BCUT2D eigenvalue weighted by Crippen LogP contribution is -2.54. The van der Waals surface area contributed by atoms with Crippen LogP contribution in [0, 0.1) is 18.3 Å². The summed E-state index contributed by atoms with van der Waals surface area (Å²) in [6.07, 6.45) is 5.11. The standard InChI is InChI=1S/C10H14N2O2S/c1-3-5-15-6-4-12-7-8(2)9(13)11-10(12)14/h1,8H,4-7H2,2H3,(H,11,13,14). The van der Waals surface area contributed by atoms with Gasteiger partial charge in [-0.25, -0.2) is 4.79 Å². The van der Waals surface area contributed by atoms with Gasteiger partial charge in [0.2, 0.25) is 5.91 Å². The van der Waals surface area contributed by atoms with Gasteiger partial charge in [0.05, 0.1) is 11.7 Å². The molecular formula is C10H14N2O2S. The molecule has 0 aromatic heterocycles. The molecule has 1 atom stereocenters. The molecule has 4 nitrogen and oxygen atoms in total. The summed E-state index contributed by atoms with van der Waals surface area (Å²) in [4.78, 5) is 24.1. The smallest absolute Gasteiger partial charge is 0.323 e. The van der Waals surface area contributed by atoms with Crippen LogP contribution >= 0.6 is 11.8 Å². The summed E-state index contributed by atoms with van der Waals surface area (Å²) in [5.41, 5.74) is 0. The van der Waals surface area contributed by atoms with Crippen molar-refractivity contribution < 1.29 is 9.59 Å². The third-order valence-corrected chi connectivity index (χ3v) is 2.99. The molecule has 0 radical (unpaired) electrons. The van der Waals surface area contributed by atoms with Crippen molar-refractivity contribution in [3.05, 3.63) is 0 Å². The van der Waals surface area contributed by atoms with Crippen molar-refractivity contribution in [2.45, 2.75) is 6.92 Å². The highest BCUT2D eigenvalue weighted by atomic mass is 32.2. The fraction of sp³-hybridized carbons (Fsp3) is 0.600. The van der Waals surface area contributed by atoms with Gasteiger partial charge in [0, 0.05) is 18.8 Å². The van der Waals surface area contributed by atoms with Crippen LogP contribution in [0.1, 0.15) is 6.92 Å². The molecule has 1 N–H and O–H groups in total. The normalized spacial score (nSPS) is 21.1. The van der Waals surface area contributed by atoms with Crippen LogP contribution in [0.15, 0.2) is 0 Å². The van der Waals surface area contributed by atoms with Crippen molar-refractivity contribution in [2.24, 2.45) is 5.92 Å². The van der Waals surface area contributed by atoms with Crippen LogP contribution in [0.2, 0.25) is 0 Å². The molecule has 1 aliphatic rings. The van der Waals surface area contributed by atoms with Crippen molar-refractivity contribution in [2.75, 3.05) is 24.6 Å². The summed E-state index contributed by atoms with van der Waals surface area (Å²) in [6.45, 7) is 2.94. The Morgan fingerprint density at radius 2 is 2.40 bits per heavy atom. The number of nitrogens with zero attached hydrogens (tertiary/aromatic N) is 1. The van der Waals surface area contributed by atoms with E-state index in [-0.39, 0.29) is 17.9 Å². The van der Waals surface area contributed by atoms with Gasteiger partial charge in [-0.1, -0.05) is 12.8 Å². The first-order valence-corrected chi connectivity index (χ1v) is 5.91.